The standard InChI is InChI=1S/C36H42N8O5/c1-20(2)31-34(46)43(19-30(45)41-31)18-29-37-16-26(39-29)24-11-7-22(8-12-24)23-9-13-25(14-10-23)27-17-38-33(40-27)28-6-5-15-44(28)35(47)32(21(3)4)42-36(48)49/h7-14,16-17,20-21,28,31-32,42H,5-6,15,18-19H2,1-4H3,(H,37,39)(H,38,40)(H,41,45)(H,48,49). The van der Waals surface area contributed by atoms with Crippen LogP contribution < -0.4 is 10.6 Å². The molecule has 49 heavy (non-hydrogen) atoms. The van der Waals surface area contributed by atoms with E-state index in [2.05, 4.69) is 30.6 Å². The molecule has 2 saturated heterocycles. The van der Waals surface area contributed by atoms with Gasteiger partial charge in [0.25, 0.3) is 0 Å². The number of aromatic nitrogens is 4. The number of imidazole rings is 2. The third-order valence-corrected chi connectivity index (χ3v) is 9.25. The van der Waals surface area contributed by atoms with E-state index in [1.807, 2.05) is 76.2 Å². The highest BCUT2D eigenvalue weighted by Gasteiger charge is 2.37. The summed E-state index contributed by atoms with van der Waals surface area (Å²) < 4.78 is 0. The fourth-order valence-electron chi connectivity index (χ4n) is 6.56. The lowest BCUT2D eigenvalue weighted by Gasteiger charge is -2.33. The second kappa shape index (κ2) is 14.0. The van der Waals surface area contributed by atoms with Gasteiger partial charge in [0.15, 0.2) is 0 Å². The van der Waals surface area contributed by atoms with Gasteiger partial charge in [0.05, 0.1) is 36.4 Å². The van der Waals surface area contributed by atoms with E-state index in [1.165, 1.54) is 4.90 Å². The monoisotopic (exact) mass is 666 g/mol. The lowest BCUT2D eigenvalue weighted by atomic mass is 10.0. The van der Waals surface area contributed by atoms with E-state index >= 15 is 0 Å². The summed E-state index contributed by atoms with van der Waals surface area (Å²) in [5.41, 5.74) is 5.64. The topological polar surface area (TPSA) is 176 Å². The second-order valence-electron chi connectivity index (χ2n) is 13.4. The summed E-state index contributed by atoms with van der Waals surface area (Å²) in [4.78, 5) is 68.7. The van der Waals surface area contributed by atoms with Crippen molar-refractivity contribution in [3.63, 3.8) is 0 Å². The van der Waals surface area contributed by atoms with Crippen LogP contribution in [0.4, 0.5) is 4.79 Å². The maximum absolute atomic E-state index is 13.3. The Kier molecular flexibility index (Phi) is 9.52. The first-order valence-electron chi connectivity index (χ1n) is 16.7. The van der Waals surface area contributed by atoms with Gasteiger partial charge >= 0.3 is 6.09 Å². The van der Waals surface area contributed by atoms with E-state index in [-0.39, 0.29) is 48.7 Å². The molecule has 0 spiro atoms. The molecular weight excluding hydrogens is 624 g/mol. The zero-order chi connectivity index (χ0) is 34.8. The Balaban J connectivity index is 1.10. The van der Waals surface area contributed by atoms with Crippen LogP contribution in [0.25, 0.3) is 33.6 Å². The minimum Gasteiger partial charge on any atom is -0.465 e. The van der Waals surface area contributed by atoms with E-state index in [0.717, 1.165) is 46.5 Å². The molecular formula is C36H42N8O5. The number of carbonyl (C=O) groups excluding carboxylic acids is 3. The highest BCUT2D eigenvalue weighted by Crippen LogP contribution is 2.33. The number of hydrogen-bond donors (Lipinski definition) is 5. The molecule has 2 aromatic carbocycles. The molecule has 4 heterocycles. The van der Waals surface area contributed by atoms with Crippen molar-refractivity contribution in [1.29, 1.82) is 0 Å². The number of likely N-dealkylation sites (tertiary alicyclic amines) is 1. The third kappa shape index (κ3) is 7.20. The van der Waals surface area contributed by atoms with Gasteiger partial charge in [-0.2, -0.15) is 0 Å². The lowest BCUT2D eigenvalue weighted by Crippen LogP contribution is -2.59. The van der Waals surface area contributed by atoms with Crippen LogP contribution in [0.2, 0.25) is 0 Å². The van der Waals surface area contributed by atoms with Crippen molar-refractivity contribution in [1.82, 2.24) is 40.4 Å². The predicted molar refractivity (Wildman–Crippen MR) is 183 cm³/mol. The van der Waals surface area contributed by atoms with Crippen LogP contribution in [-0.4, -0.2) is 83.8 Å². The number of nitrogens with zero attached hydrogens (tertiary/aromatic N) is 4. The van der Waals surface area contributed by atoms with E-state index in [0.29, 0.717) is 18.2 Å². The normalized spacial score (nSPS) is 18.7. The van der Waals surface area contributed by atoms with Crippen molar-refractivity contribution in [2.45, 2.75) is 65.2 Å². The number of rotatable bonds is 10. The van der Waals surface area contributed by atoms with Gasteiger partial charge in [-0.05, 0) is 46.9 Å². The summed E-state index contributed by atoms with van der Waals surface area (Å²) in [6.07, 6.45) is 3.87. The van der Waals surface area contributed by atoms with Crippen LogP contribution in [0.1, 0.15) is 58.2 Å². The maximum Gasteiger partial charge on any atom is 0.405 e. The van der Waals surface area contributed by atoms with E-state index in [9.17, 15) is 24.3 Å². The molecule has 2 aliphatic heterocycles. The largest absolute Gasteiger partial charge is 0.465 e. The van der Waals surface area contributed by atoms with Crippen LogP contribution in [0, 0.1) is 11.8 Å². The van der Waals surface area contributed by atoms with Gasteiger partial charge in [-0.25, -0.2) is 14.8 Å². The molecule has 5 N–H and O–H groups in total. The summed E-state index contributed by atoms with van der Waals surface area (Å²) in [7, 11) is 0. The highest BCUT2D eigenvalue weighted by atomic mass is 16.4. The first-order chi connectivity index (χ1) is 23.5. The highest BCUT2D eigenvalue weighted by molar-refractivity contribution is 5.95. The van der Waals surface area contributed by atoms with Crippen LogP contribution in [0.3, 0.4) is 0 Å². The summed E-state index contributed by atoms with van der Waals surface area (Å²) in [6.45, 7) is 8.28. The average molecular weight is 667 g/mol. The molecule has 13 heteroatoms. The van der Waals surface area contributed by atoms with Crippen molar-refractivity contribution in [2.24, 2.45) is 11.8 Å². The molecule has 2 fully saturated rings. The van der Waals surface area contributed by atoms with E-state index in [4.69, 9.17) is 0 Å². The summed E-state index contributed by atoms with van der Waals surface area (Å²) in [5.74, 6) is 0.623. The molecule has 0 aliphatic carbocycles. The number of H-pyrrole nitrogens is 2. The quantitative estimate of drug-likeness (QED) is 0.165. The summed E-state index contributed by atoms with van der Waals surface area (Å²) in [5, 5.41) is 14.4. The Hall–Kier alpha value is -5.46. The zero-order valence-corrected chi connectivity index (χ0v) is 28.1. The van der Waals surface area contributed by atoms with Crippen LogP contribution >= 0.6 is 0 Å². The molecule has 0 radical (unpaired) electrons. The molecule has 3 unspecified atom stereocenters. The number of piperazine rings is 1. The Morgan fingerprint density at radius 1 is 0.898 bits per heavy atom. The molecule has 4 amide bonds. The molecule has 13 nitrogen and oxygen atoms in total. The third-order valence-electron chi connectivity index (χ3n) is 9.25. The molecule has 6 rings (SSSR count). The Morgan fingerprint density at radius 2 is 1.49 bits per heavy atom. The number of carbonyl (C=O) groups is 4. The van der Waals surface area contributed by atoms with Crippen molar-refractivity contribution >= 4 is 23.8 Å². The van der Waals surface area contributed by atoms with E-state index < -0.39 is 18.2 Å². The fraction of sp³-hybridized carbons (Fsp3) is 0.389. The zero-order valence-electron chi connectivity index (χ0n) is 28.1. The number of nitrogens with one attached hydrogen (secondary N) is 4. The van der Waals surface area contributed by atoms with Gasteiger partial charge in [0, 0.05) is 6.54 Å². The molecule has 0 bridgehead atoms. The molecule has 2 aromatic heterocycles. The predicted octanol–water partition coefficient (Wildman–Crippen LogP) is 4.57. The second-order valence-corrected chi connectivity index (χ2v) is 13.4. The van der Waals surface area contributed by atoms with E-state index in [1.54, 1.807) is 17.3 Å². The van der Waals surface area contributed by atoms with Crippen LogP contribution in [0.5, 0.6) is 0 Å². The fourth-order valence-corrected chi connectivity index (χ4v) is 6.56. The number of aromatic amines is 2. The van der Waals surface area contributed by atoms with Gasteiger partial charge in [-0.15, -0.1) is 0 Å². The number of benzene rings is 2. The number of amides is 4. The smallest absolute Gasteiger partial charge is 0.405 e. The summed E-state index contributed by atoms with van der Waals surface area (Å²) >= 11 is 0. The Labute approximate surface area is 284 Å². The van der Waals surface area contributed by atoms with Crippen molar-refractivity contribution in [3.05, 3.63) is 72.6 Å². The van der Waals surface area contributed by atoms with Crippen molar-refractivity contribution < 1.29 is 24.3 Å². The van der Waals surface area contributed by atoms with Gasteiger partial charge < -0.3 is 35.5 Å². The van der Waals surface area contributed by atoms with Crippen LogP contribution in [-0.2, 0) is 20.9 Å². The first-order valence-corrected chi connectivity index (χ1v) is 16.7. The van der Waals surface area contributed by atoms with Crippen molar-refractivity contribution in [3.8, 4) is 33.6 Å². The molecule has 3 atom stereocenters. The van der Waals surface area contributed by atoms with Gasteiger partial charge in [0.1, 0.15) is 30.3 Å². The van der Waals surface area contributed by atoms with Gasteiger partial charge in [-0.3, -0.25) is 14.4 Å². The van der Waals surface area contributed by atoms with Crippen LogP contribution in [0.15, 0.2) is 60.9 Å². The van der Waals surface area contributed by atoms with Gasteiger partial charge in [0.2, 0.25) is 17.7 Å². The molecule has 256 valence electrons. The molecule has 0 saturated carbocycles. The first kappa shape index (κ1) is 33.4. The summed E-state index contributed by atoms with van der Waals surface area (Å²) in [6, 6.07) is 14.7. The lowest BCUT2D eigenvalue weighted by molar-refractivity contribution is -0.146. The number of carboxylic acid groups (broad SMARTS) is 1. The molecule has 4 aromatic rings. The minimum absolute atomic E-state index is 0.000864. The Morgan fingerprint density at radius 3 is 2.08 bits per heavy atom. The Bertz CT molecular complexity index is 1830. The molecule has 2 aliphatic rings. The number of hydrogen-bond acceptors (Lipinski definition) is 6. The average Bonchev–Trinajstić information content (AvgIpc) is 3.86. The SMILES string of the molecule is CC(C)C1NC(=O)CN(Cc2ncc(-c3ccc(-c4ccc(-c5cnc(C6CCCN6C(=O)C(NC(=O)O)C(C)C)[nH]5)cc4)cc3)[nH]2)C1=O. The maximum atomic E-state index is 13.3. The minimum atomic E-state index is -1.21. The van der Waals surface area contributed by atoms with Gasteiger partial charge in [-0.1, -0.05) is 76.2 Å². The van der Waals surface area contributed by atoms with Crippen molar-refractivity contribution in [2.75, 3.05) is 13.1 Å².